The predicted octanol–water partition coefficient (Wildman–Crippen LogP) is 2.81. The summed E-state index contributed by atoms with van der Waals surface area (Å²) in [7, 11) is 2.01. The van der Waals surface area contributed by atoms with E-state index in [9.17, 15) is 9.59 Å². The molecule has 0 spiro atoms. The molecule has 0 saturated carbocycles. The zero-order valence-corrected chi connectivity index (χ0v) is 17.2. The van der Waals surface area contributed by atoms with Crippen LogP contribution in [0.5, 0.6) is 0 Å². The molecule has 1 fully saturated rings. The van der Waals surface area contributed by atoms with Crippen LogP contribution < -0.4 is 0 Å². The van der Waals surface area contributed by atoms with Gasteiger partial charge >= 0.3 is 6.09 Å². The highest BCUT2D eigenvalue weighted by atomic mass is 16.6. The quantitative estimate of drug-likeness (QED) is 0.748. The summed E-state index contributed by atoms with van der Waals surface area (Å²) in [6.45, 7) is 9.82. The Morgan fingerprint density at radius 3 is 2.21 bits per heavy atom. The number of piperazine rings is 1. The van der Waals surface area contributed by atoms with E-state index in [4.69, 9.17) is 10.00 Å². The van der Waals surface area contributed by atoms with Crippen molar-refractivity contribution < 1.29 is 14.3 Å². The smallest absolute Gasteiger partial charge is 0.434 e. The third-order valence-electron chi connectivity index (χ3n) is 4.56. The van der Waals surface area contributed by atoms with Crippen LogP contribution in [0.15, 0.2) is 29.3 Å². The number of hydrogen-bond donors (Lipinski definition) is 0. The summed E-state index contributed by atoms with van der Waals surface area (Å²) in [5, 5.41) is 8.98. The molecule has 0 aliphatic carbocycles. The van der Waals surface area contributed by atoms with Crippen LogP contribution in [-0.2, 0) is 9.53 Å². The first-order valence-corrected chi connectivity index (χ1v) is 9.40. The maximum atomic E-state index is 13.2. The van der Waals surface area contributed by atoms with Gasteiger partial charge in [0.2, 0.25) is 0 Å². The van der Waals surface area contributed by atoms with Gasteiger partial charge in [-0.1, -0.05) is 19.1 Å². The fourth-order valence-corrected chi connectivity index (χ4v) is 2.89. The molecule has 1 aliphatic heterocycles. The molecule has 28 heavy (non-hydrogen) atoms. The van der Waals surface area contributed by atoms with Crippen LogP contribution in [0.2, 0.25) is 0 Å². The first kappa shape index (κ1) is 21.6. The van der Waals surface area contributed by atoms with Crippen LogP contribution in [0.25, 0.3) is 0 Å². The van der Waals surface area contributed by atoms with Crippen molar-refractivity contribution in [2.24, 2.45) is 4.99 Å². The van der Waals surface area contributed by atoms with Gasteiger partial charge in [0.1, 0.15) is 11.3 Å². The molecule has 150 valence electrons. The molecule has 0 radical (unpaired) electrons. The molecule has 1 aromatic rings. The van der Waals surface area contributed by atoms with Crippen molar-refractivity contribution in [3.63, 3.8) is 0 Å². The Morgan fingerprint density at radius 2 is 1.71 bits per heavy atom. The Hall–Kier alpha value is -2.72. The number of nitrogens with zero attached hydrogens (tertiary/aromatic N) is 4. The van der Waals surface area contributed by atoms with E-state index in [0.29, 0.717) is 18.7 Å². The lowest BCUT2D eigenvalue weighted by atomic mass is 9.94. The average Bonchev–Trinajstić information content (AvgIpc) is 2.64. The molecule has 1 aromatic carbocycles. The fraction of sp³-hybridized carbons (Fsp3) is 0.524. The molecular formula is C21H28N4O3. The van der Waals surface area contributed by atoms with Gasteiger partial charge in [-0.2, -0.15) is 10.3 Å². The molecule has 0 N–H and O–H groups in total. The third-order valence-corrected chi connectivity index (χ3v) is 4.56. The van der Waals surface area contributed by atoms with Crippen molar-refractivity contribution in [3.8, 4) is 6.07 Å². The van der Waals surface area contributed by atoms with Crippen LogP contribution >= 0.6 is 0 Å². The number of aliphatic imine (C=N–C) groups is 1. The molecule has 0 aromatic heterocycles. The Kier molecular flexibility index (Phi) is 6.92. The monoisotopic (exact) mass is 384 g/mol. The van der Waals surface area contributed by atoms with Crippen molar-refractivity contribution in [3.05, 3.63) is 35.4 Å². The number of benzene rings is 1. The number of hydrogen-bond acceptors (Lipinski definition) is 5. The lowest BCUT2D eigenvalue weighted by Crippen LogP contribution is -2.50. The molecule has 2 amide bonds. The minimum atomic E-state index is -0.773. The van der Waals surface area contributed by atoms with Crippen molar-refractivity contribution in [2.75, 3.05) is 33.2 Å². The predicted molar refractivity (Wildman–Crippen MR) is 107 cm³/mol. The minimum absolute atomic E-state index is 0.156. The first-order chi connectivity index (χ1) is 13.1. The van der Waals surface area contributed by atoms with Gasteiger partial charge < -0.3 is 14.5 Å². The van der Waals surface area contributed by atoms with E-state index in [-0.39, 0.29) is 11.6 Å². The van der Waals surface area contributed by atoms with E-state index in [1.54, 1.807) is 49.9 Å². The highest BCUT2D eigenvalue weighted by Gasteiger charge is 2.29. The minimum Gasteiger partial charge on any atom is -0.442 e. The van der Waals surface area contributed by atoms with Crippen LogP contribution in [0.3, 0.4) is 0 Å². The van der Waals surface area contributed by atoms with E-state index in [2.05, 4.69) is 16.0 Å². The van der Waals surface area contributed by atoms with Crippen molar-refractivity contribution >= 4 is 17.7 Å². The first-order valence-electron chi connectivity index (χ1n) is 9.40. The number of rotatable bonds is 3. The van der Waals surface area contributed by atoms with Crippen molar-refractivity contribution in [2.45, 2.75) is 39.2 Å². The Balaban J connectivity index is 2.32. The Bertz CT molecular complexity index is 779. The molecule has 1 aliphatic rings. The summed E-state index contributed by atoms with van der Waals surface area (Å²) < 4.78 is 5.30. The summed E-state index contributed by atoms with van der Waals surface area (Å²) in [4.78, 5) is 33.4. The van der Waals surface area contributed by atoms with Gasteiger partial charge in [0, 0.05) is 32.1 Å². The van der Waals surface area contributed by atoms with Gasteiger partial charge in [-0.15, -0.1) is 0 Å². The number of carbonyl (C=O) groups excluding carboxylic acids is 2. The van der Waals surface area contributed by atoms with Gasteiger partial charge in [-0.05, 0) is 45.5 Å². The summed E-state index contributed by atoms with van der Waals surface area (Å²) in [5.74, 6) is -0.664. The zero-order chi connectivity index (χ0) is 20.9. The highest BCUT2D eigenvalue weighted by Crippen LogP contribution is 2.21. The van der Waals surface area contributed by atoms with E-state index in [1.807, 2.05) is 14.0 Å². The summed E-state index contributed by atoms with van der Waals surface area (Å²) in [6.07, 6.45) is -0.773. The van der Waals surface area contributed by atoms with Crippen molar-refractivity contribution in [1.82, 2.24) is 9.80 Å². The Labute approximate surface area is 166 Å². The van der Waals surface area contributed by atoms with Crippen LogP contribution in [-0.4, -0.2) is 66.3 Å². The zero-order valence-electron chi connectivity index (χ0n) is 17.2. The largest absolute Gasteiger partial charge is 0.442 e. The number of amides is 2. The molecule has 1 heterocycles. The summed E-state index contributed by atoms with van der Waals surface area (Å²) >= 11 is 0. The number of nitriles is 1. The van der Waals surface area contributed by atoms with Gasteiger partial charge in [0.15, 0.2) is 0 Å². The van der Waals surface area contributed by atoms with Gasteiger partial charge in [0.25, 0.3) is 5.91 Å². The lowest BCUT2D eigenvalue weighted by Gasteiger charge is -2.33. The maximum Gasteiger partial charge on any atom is 0.434 e. The lowest BCUT2D eigenvalue weighted by molar-refractivity contribution is -0.125. The standard InChI is InChI=1S/C21H28N4O3/c1-15(17-8-6-16(14-22)7-9-17)18(23-20(27)28-21(2,3)4)19(26)25-12-10-24(5)11-13-25/h6-9,15H,10-13H2,1-5H3. The topological polar surface area (TPSA) is 86.0 Å². The van der Waals surface area contributed by atoms with E-state index in [1.165, 1.54) is 0 Å². The molecule has 7 heteroatoms. The Morgan fingerprint density at radius 1 is 1.14 bits per heavy atom. The molecule has 1 saturated heterocycles. The maximum absolute atomic E-state index is 13.2. The second-order valence-corrected chi connectivity index (χ2v) is 8.03. The van der Waals surface area contributed by atoms with E-state index in [0.717, 1.165) is 18.7 Å². The van der Waals surface area contributed by atoms with Crippen molar-refractivity contribution in [1.29, 1.82) is 5.26 Å². The van der Waals surface area contributed by atoms with E-state index >= 15 is 0 Å². The molecule has 7 nitrogen and oxygen atoms in total. The summed E-state index contributed by atoms with van der Waals surface area (Å²) in [5.41, 5.74) is 0.805. The summed E-state index contributed by atoms with van der Waals surface area (Å²) in [6, 6.07) is 9.02. The van der Waals surface area contributed by atoms with Gasteiger partial charge in [-0.3, -0.25) is 4.79 Å². The van der Waals surface area contributed by atoms with Crippen LogP contribution in [0.1, 0.15) is 44.7 Å². The second kappa shape index (κ2) is 8.98. The number of ether oxygens (including phenoxy) is 1. The highest BCUT2D eigenvalue weighted by molar-refractivity contribution is 6.42. The third kappa shape index (κ3) is 5.89. The molecule has 1 unspecified atom stereocenters. The van der Waals surface area contributed by atoms with Gasteiger partial charge in [-0.25, -0.2) is 4.79 Å². The molecule has 2 rings (SSSR count). The average molecular weight is 384 g/mol. The number of likely N-dealkylation sites (N-methyl/N-ethyl adjacent to an activating group) is 1. The van der Waals surface area contributed by atoms with Gasteiger partial charge in [0.05, 0.1) is 11.6 Å². The van der Waals surface area contributed by atoms with E-state index < -0.39 is 17.6 Å². The molecule has 1 atom stereocenters. The number of carbonyl (C=O) groups is 2. The molecule has 0 bridgehead atoms. The second-order valence-electron chi connectivity index (χ2n) is 8.03. The van der Waals surface area contributed by atoms with Crippen LogP contribution in [0, 0.1) is 11.3 Å². The fourth-order valence-electron chi connectivity index (χ4n) is 2.89. The normalized spacial score (nSPS) is 17.0. The molecular weight excluding hydrogens is 356 g/mol. The SMILES string of the molecule is CC(C(=NC(=O)OC(C)(C)C)C(=O)N1CCN(C)CC1)c1ccc(C#N)cc1. The van der Waals surface area contributed by atoms with Crippen LogP contribution in [0.4, 0.5) is 4.79 Å².